The second-order valence-corrected chi connectivity index (χ2v) is 7.76. The van der Waals surface area contributed by atoms with Crippen LogP contribution in [0.5, 0.6) is 5.75 Å². The van der Waals surface area contributed by atoms with Crippen molar-refractivity contribution in [3.8, 4) is 16.9 Å². The summed E-state index contributed by atoms with van der Waals surface area (Å²) in [5, 5.41) is 4.58. The molecule has 2 aliphatic rings. The summed E-state index contributed by atoms with van der Waals surface area (Å²) in [4.78, 5) is 12.6. The van der Waals surface area contributed by atoms with E-state index in [4.69, 9.17) is 9.15 Å². The maximum Gasteiger partial charge on any atom is 0.344 e. The van der Waals surface area contributed by atoms with E-state index in [1.807, 2.05) is 55.5 Å². The van der Waals surface area contributed by atoms with E-state index in [0.29, 0.717) is 23.2 Å². The van der Waals surface area contributed by atoms with Crippen LogP contribution in [0.1, 0.15) is 31.2 Å². The Bertz CT molecular complexity index is 1030. The smallest absolute Gasteiger partial charge is 0.344 e. The van der Waals surface area contributed by atoms with Gasteiger partial charge in [-0.15, -0.1) is 0 Å². The summed E-state index contributed by atoms with van der Waals surface area (Å²) in [6.07, 6.45) is 4.82. The highest BCUT2D eigenvalue weighted by Crippen LogP contribution is 2.32. The lowest BCUT2D eigenvalue weighted by molar-refractivity contribution is 0.137. The molecule has 1 N–H and O–H groups in total. The van der Waals surface area contributed by atoms with Crippen molar-refractivity contribution in [1.82, 2.24) is 5.32 Å². The molecule has 2 fully saturated rings. The first-order valence-electron chi connectivity index (χ1n) is 9.73. The van der Waals surface area contributed by atoms with Crippen molar-refractivity contribution >= 4 is 11.0 Å². The van der Waals surface area contributed by atoms with Crippen molar-refractivity contribution in [2.24, 2.45) is 0 Å². The van der Waals surface area contributed by atoms with Gasteiger partial charge in [0.15, 0.2) is 0 Å². The fourth-order valence-corrected chi connectivity index (χ4v) is 4.64. The molecule has 3 aromatic rings. The molecule has 2 aliphatic heterocycles. The molecule has 0 aliphatic carbocycles. The van der Waals surface area contributed by atoms with Crippen LogP contribution in [0.25, 0.3) is 22.1 Å². The van der Waals surface area contributed by atoms with Gasteiger partial charge >= 0.3 is 5.63 Å². The first kappa shape index (κ1) is 16.6. The number of rotatable bonds is 3. The molecule has 0 unspecified atom stereocenters. The van der Waals surface area contributed by atoms with Crippen molar-refractivity contribution in [1.29, 1.82) is 0 Å². The Morgan fingerprint density at radius 2 is 1.78 bits per heavy atom. The number of fused-ring (bicyclic) bond motifs is 3. The Labute approximate surface area is 158 Å². The molecule has 2 saturated heterocycles. The predicted octanol–water partition coefficient (Wildman–Crippen LogP) is 4.43. The fourth-order valence-electron chi connectivity index (χ4n) is 4.64. The van der Waals surface area contributed by atoms with Crippen molar-refractivity contribution in [2.75, 3.05) is 0 Å². The zero-order valence-electron chi connectivity index (χ0n) is 15.4. The monoisotopic (exact) mass is 361 g/mol. The van der Waals surface area contributed by atoms with Crippen molar-refractivity contribution in [3.63, 3.8) is 0 Å². The van der Waals surface area contributed by atoms with Gasteiger partial charge in [-0.05, 0) is 55.9 Å². The molecule has 2 bridgehead atoms. The number of aryl methyl sites for hydroxylation is 1. The van der Waals surface area contributed by atoms with Crippen molar-refractivity contribution < 1.29 is 9.15 Å². The van der Waals surface area contributed by atoms with Gasteiger partial charge in [-0.3, -0.25) is 0 Å². The Kier molecular flexibility index (Phi) is 4.01. The molecule has 0 amide bonds. The van der Waals surface area contributed by atoms with Gasteiger partial charge in [-0.2, -0.15) is 0 Å². The third-order valence-corrected chi connectivity index (χ3v) is 5.93. The van der Waals surface area contributed by atoms with Gasteiger partial charge in [0.25, 0.3) is 0 Å². The highest BCUT2D eigenvalue weighted by atomic mass is 16.5. The van der Waals surface area contributed by atoms with Gasteiger partial charge in [0.05, 0.1) is 5.56 Å². The van der Waals surface area contributed by atoms with Crippen LogP contribution in [-0.4, -0.2) is 18.2 Å². The van der Waals surface area contributed by atoms with E-state index in [1.54, 1.807) is 0 Å². The minimum Gasteiger partial charge on any atom is -0.490 e. The summed E-state index contributed by atoms with van der Waals surface area (Å²) in [5.74, 6) is 0.781. The zero-order valence-corrected chi connectivity index (χ0v) is 15.4. The number of hydrogen-bond acceptors (Lipinski definition) is 4. The van der Waals surface area contributed by atoms with E-state index in [-0.39, 0.29) is 11.7 Å². The normalized spacial score (nSPS) is 24.3. The van der Waals surface area contributed by atoms with E-state index in [2.05, 4.69) is 5.32 Å². The van der Waals surface area contributed by atoms with Gasteiger partial charge in [0.1, 0.15) is 17.4 Å². The molecule has 3 heterocycles. The summed E-state index contributed by atoms with van der Waals surface area (Å²) < 4.78 is 11.9. The SMILES string of the molecule is Cc1c(-c2ccccc2)c(=O)oc2cc(OC3C[C@H]4CC[C@H](C3)N4)ccc12. The molecule has 27 heavy (non-hydrogen) atoms. The van der Waals surface area contributed by atoms with Crippen molar-refractivity contribution in [2.45, 2.75) is 50.8 Å². The first-order chi connectivity index (χ1) is 13.2. The van der Waals surface area contributed by atoms with Crippen LogP contribution in [0.4, 0.5) is 0 Å². The Balaban J connectivity index is 1.49. The van der Waals surface area contributed by atoms with Crippen LogP contribution in [-0.2, 0) is 0 Å². The first-order valence-corrected chi connectivity index (χ1v) is 9.73. The van der Waals surface area contributed by atoms with Crippen molar-refractivity contribution in [3.05, 3.63) is 64.5 Å². The zero-order chi connectivity index (χ0) is 18.4. The van der Waals surface area contributed by atoms with E-state index < -0.39 is 0 Å². The summed E-state index contributed by atoms with van der Waals surface area (Å²) in [7, 11) is 0. The lowest BCUT2D eigenvalue weighted by Crippen LogP contribution is -2.42. The molecule has 0 radical (unpaired) electrons. The largest absolute Gasteiger partial charge is 0.490 e. The molecule has 2 atom stereocenters. The van der Waals surface area contributed by atoms with Crippen LogP contribution in [0.15, 0.2) is 57.7 Å². The molecule has 138 valence electrons. The minimum absolute atomic E-state index is 0.234. The summed E-state index contributed by atoms with van der Waals surface area (Å²) in [6, 6.07) is 16.7. The number of ether oxygens (including phenoxy) is 1. The highest BCUT2D eigenvalue weighted by molar-refractivity contribution is 5.87. The van der Waals surface area contributed by atoms with E-state index in [9.17, 15) is 4.79 Å². The quantitative estimate of drug-likeness (QED) is 0.701. The third-order valence-electron chi connectivity index (χ3n) is 5.93. The van der Waals surface area contributed by atoms with Gasteiger partial charge in [0, 0.05) is 23.5 Å². The Hall–Kier alpha value is -2.59. The molecular formula is C23H23NO3. The van der Waals surface area contributed by atoms with Gasteiger partial charge in [-0.25, -0.2) is 4.79 Å². The molecule has 5 rings (SSSR count). The molecule has 0 spiro atoms. The van der Waals surface area contributed by atoms with E-state index in [1.165, 1.54) is 12.8 Å². The standard InChI is InChI=1S/C23H23NO3/c1-14-20-10-9-18(26-19-11-16-7-8-17(12-19)24-16)13-21(20)27-23(25)22(14)15-5-3-2-4-6-15/h2-6,9-10,13,16-17,19,24H,7-8,11-12H2,1H3/t16-,17-/m1/s1. The van der Waals surface area contributed by atoms with Gasteiger partial charge in [0.2, 0.25) is 0 Å². The van der Waals surface area contributed by atoms with Gasteiger partial charge < -0.3 is 14.5 Å². The molecule has 4 nitrogen and oxygen atoms in total. The second-order valence-electron chi connectivity index (χ2n) is 7.76. The lowest BCUT2D eigenvalue weighted by Gasteiger charge is -2.29. The summed E-state index contributed by atoms with van der Waals surface area (Å²) in [5.41, 5.74) is 2.75. The fraction of sp³-hybridized carbons (Fsp3) is 0.348. The number of piperidine rings is 1. The number of nitrogens with one attached hydrogen (secondary N) is 1. The van der Waals surface area contributed by atoms with E-state index >= 15 is 0 Å². The maximum atomic E-state index is 12.6. The van der Waals surface area contributed by atoms with Crippen LogP contribution >= 0.6 is 0 Å². The molecule has 2 aromatic carbocycles. The number of benzene rings is 2. The van der Waals surface area contributed by atoms with Crippen LogP contribution in [0.2, 0.25) is 0 Å². The Morgan fingerprint density at radius 3 is 2.52 bits per heavy atom. The van der Waals surface area contributed by atoms with Gasteiger partial charge in [-0.1, -0.05) is 30.3 Å². The van der Waals surface area contributed by atoms with E-state index in [0.717, 1.165) is 35.1 Å². The molecule has 1 aromatic heterocycles. The minimum atomic E-state index is -0.303. The lowest BCUT2D eigenvalue weighted by atomic mass is 9.99. The predicted molar refractivity (Wildman–Crippen MR) is 106 cm³/mol. The summed E-state index contributed by atoms with van der Waals surface area (Å²) >= 11 is 0. The number of hydrogen-bond donors (Lipinski definition) is 1. The molecule has 0 saturated carbocycles. The average Bonchev–Trinajstić information content (AvgIpc) is 3.01. The Morgan fingerprint density at radius 1 is 1.04 bits per heavy atom. The topological polar surface area (TPSA) is 51.5 Å². The van der Waals surface area contributed by atoms with Crippen LogP contribution in [0, 0.1) is 6.92 Å². The average molecular weight is 361 g/mol. The highest BCUT2D eigenvalue weighted by Gasteiger charge is 2.34. The molecule has 4 heteroatoms. The van der Waals surface area contributed by atoms with Crippen LogP contribution < -0.4 is 15.7 Å². The summed E-state index contributed by atoms with van der Waals surface area (Å²) in [6.45, 7) is 1.98. The second kappa shape index (κ2) is 6.54. The maximum absolute atomic E-state index is 12.6. The molecular weight excluding hydrogens is 338 g/mol. The van der Waals surface area contributed by atoms with Crippen LogP contribution in [0.3, 0.4) is 0 Å². The third kappa shape index (κ3) is 3.04.